The van der Waals surface area contributed by atoms with E-state index in [2.05, 4.69) is 43.0 Å². The van der Waals surface area contributed by atoms with Crippen molar-refractivity contribution in [3.8, 4) is 0 Å². The lowest BCUT2D eigenvalue weighted by molar-refractivity contribution is 0.283. The van der Waals surface area contributed by atoms with Crippen molar-refractivity contribution in [1.29, 1.82) is 0 Å². The molecule has 2 rings (SSSR count). The number of rotatable bonds is 6. The average Bonchev–Trinajstić information content (AvgIpc) is 2.97. The molecule has 0 bridgehead atoms. The zero-order chi connectivity index (χ0) is 13.8. The summed E-state index contributed by atoms with van der Waals surface area (Å²) in [5, 5.41) is 3.28. The Hall–Kier alpha value is -1.10. The lowest BCUT2D eigenvalue weighted by Gasteiger charge is -2.06. The Labute approximate surface area is 115 Å². The van der Waals surface area contributed by atoms with E-state index in [-0.39, 0.29) is 0 Å². The van der Waals surface area contributed by atoms with Gasteiger partial charge in [0.15, 0.2) is 11.8 Å². The van der Waals surface area contributed by atoms with E-state index in [1.807, 2.05) is 0 Å². The van der Waals surface area contributed by atoms with Crippen molar-refractivity contribution >= 4 is 11.8 Å². The van der Waals surface area contributed by atoms with Gasteiger partial charge in [-0.1, -0.05) is 27.7 Å². The lowest BCUT2D eigenvalue weighted by Crippen LogP contribution is -2.28. The first-order chi connectivity index (χ1) is 9.06. The molecular formula is C14H25N3O2. The van der Waals surface area contributed by atoms with Crippen molar-refractivity contribution < 1.29 is 9.47 Å². The maximum Gasteiger partial charge on any atom is 0.198 e. The Morgan fingerprint density at radius 3 is 1.68 bits per heavy atom. The van der Waals surface area contributed by atoms with E-state index in [0.717, 1.165) is 11.8 Å². The summed E-state index contributed by atoms with van der Waals surface area (Å²) in [6, 6.07) is 0.615. The van der Waals surface area contributed by atoms with E-state index in [1.165, 1.54) is 0 Å². The van der Waals surface area contributed by atoms with E-state index in [1.54, 1.807) is 0 Å². The van der Waals surface area contributed by atoms with Crippen LogP contribution < -0.4 is 5.32 Å². The second kappa shape index (κ2) is 6.37. The average molecular weight is 267 g/mol. The SMILES string of the molecule is CC(C)[C@@H]1COC(CNCC2=N[C@@H](C(C)C)CO2)=N1. The minimum Gasteiger partial charge on any atom is -0.478 e. The van der Waals surface area contributed by atoms with Crippen LogP contribution in [-0.2, 0) is 9.47 Å². The summed E-state index contributed by atoms with van der Waals surface area (Å²) in [5.41, 5.74) is 0. The quantitative estimate of drug-likeness (QED) is 0.793. The van der Waals surface area contributed by atoms with Gasteiger partial charge in [-0.25, -0.2) is 9.98 Å². The highest BCUT2D eigenvalue weighted by atomic mass is 16.5. The van der Waals surface area contributed by atoms with E-state index in [4.69, 9.17) is 9.47 Å². The molecule has 0 aliphatic carbocycles. The Morgan fingerprint density at radius 1 is 0.947 bits per heavy atom. The van der Waals surface area contributed by atoms with Crippen LogP contribution in [0.3, 0.4) is 0 Å². The summed E-state index contributed by atoms with van der Waals surface area (Å²) >= 11 is 0. The van der Waals surface area contributed by atoms with Crippen molar-refractivity contribution in [2.75, 3.05) is 26.3 Å². The molecule has 0 fully saturated rings. The molecule has 5 heteroatoms. The summed E-state index contributed by atoms with van der Waals surface area (Å²) in [5.74, 6) is 2.68. The molecule has 0 amide bonds. The third-order valence-electron chi connectivity index (χ3n) is 3.55. The largest absolute Gasteiger partial charge is 0.478 e. The van der Waals surface area contributed by atoms with Gasteiger partial charge in [0, 0.05) is 0 Å². The zero-order valence-corrected chi connectivity index (χ0v) is 12.3. The van der Waals surface area contributed by atoms with Crippen LogP contribution in [0, 0.1) is 11.8 Å². The number of nitrogens with zero attached hydrogens (tertiary/aromatic N) is 2. The first kappa shape index (κ1) is 14.3. The fraction of sp³-hybridized carbons (Fsp3) is 0.857. The first-order valence-corrected chi connectivity index (χ1v) is 7.16. The summed E-state index contributed by atoms with van der Waals surface area (Å²) in [6.07, 6.45) is 0. The van der Waals surface area contributed by atoms with E-state index in [0.29, 0.717) is 50.2 Å². The predicted octanol–water partition coefficient (Wildman–Crippen LogP) is 1.48. The van der Waals surface area contributed by atoms with Gasteiger partial charge in [0.25, 0.3) is 0 Å². The highest BCUT2D eigenvalue weighted by Crippen LogP contribution is 2.14. The number of aliphatic imine (C=N–C) groups is 2. The van der Waals surface area contributed by atoms with Gasteiger partial charge in [0.05, 0.1) is 25.2 Å². The lowest BCUT2D eigenvalue weighted by atomic mass is 10.1. The van der Waals surface area contributed by atoms with Crippen LogP contribution in [0.2, 0.25) is 0 Å². The predicted molar refractivity (Wildman–Crippen MR) is 76.9 cm³/mol. The number of hydrogen-bond donors (Lipinski definition) is 1. The third-order valence-corrected chi connectivity index (χ3v) is 3.55. The molecule has 0 spiro atoms. The van der Waals surface area contributed by atoms with Gasteiger partial charge in [-0.2, -0.15) is 0 Å². The van der Waals surface area contributed by atoms with Gasteiger partial charge < -0.3 is 14.8 Å². The fourth-order valence-corrected chi connectivity index (χ4v) is 2.03. The van der Waals surface area contributed by atoms with Gasteiger partial charge in [0.1, 0.15) is 13.2 Å². The maximum atomic E-state index is 5.56. The summed E-state index contributed by atoms with van der Waals surface area (Å²) in [6.45, 7) is 11.4. The van der Waals surface area contributed by atoms with Crippen molar-refractivity contribution in [3.63, 3.8) is 0 Å². The van der Waals surface area contributed by atoms with Crippen molar-refractivity contribution in [2.24, 2.45) is 21.8 Å². The van der Waals surface area contributed by atoms with Gasteiger partial charge in [-0.05, 0) is 11.8 Å². The number of hydrogen-bond acceptors (Lipinski definition) is 5. The van der Waals surface area contributed by atoms with Crippen LogP contribution in [0.4, 0.5) is 0 Å². The van der Waals surface area contributed by atoms with Crippen LogP contribution in [0.25, 0.3) is 0 Å². The second-order valence-corrected chi connectivity index (χ2v) is 5.89. The van der Waals surface area contributed by atoms with Crippen LogP contribution in [-0.4, -0.2) is 50.2 Å². The molecule has 19 heavy (non-hydrogen) atoms. The Kier molecular flexibility index (Phi) is 4.80. The molecule has 2 atom stereocenters. The van der Waals surface area contributed by atoms with Crippen LogP contribution >= 0.6 is 0 Å². The molecule has 2 aliphatic rings. The van der Waals surface area contributed by atoms with Crippen molar-refractivity contribution in [3.05, 3.63) is 0 Å². The minimum absolute atomic E-state index is 0.308. The minimum atomic E-state index is 0.308. The Bertz CT molecular complexity index is 330. The number of ether oxygens (including phenoxy) is 2. The van der Waals surface area contributed by atoms with Crippen molar-refractivity contribution in [1.82, 2.24) is 5.32 Å². The Morgan fingerprint density at radius 2 is 1.37 bits per heavy atom. The van der Waals surface area contributed by atoms with Gasteiger partial charge in [-0.15, -0.1) is 0 Å². The van der Waals surface area contributed by atoms with Gasteiger partial charge >= 0.3 is 0 Å². The number of nitrogens with one attached hydrogen (secondary N) is 1. The normalized spacial score (nSPS) is 26.4. The highest BCUT2D eigenvalue weighted by molar-refractivity contribution is 5.82. The summed E-state index contributed by atoms with van der Waals surface area (Å²) < 4.78 is 11.1. The molecule has 108 valence electrons. The molecular weight excluding hydrogens is 242 g/mol. The first-order valence-electron chi connectivity index (χ1n) is 7.16. The van der Waals surface area contributed by atoms with E-state index < -0.39 is 0 Å². The van der Waals surface area contributed by atoms with E-state index >= 15 is 0 Å². The Balaban J connectivity index is 1.70. The molecule has 0 unspecified atom stereocenters. The van der Waals surface area contributed by atoms with E-state index in [9.17, 15) is 0 Å². The van der Waals surface area contributed by atoms with Gasteiger partial charge in [0.2, 0.25) is 0 Å². The molecule has 2 heterocycles. The fourth-order valence-electron chi connectivity index (χ4n) is 2.03. The molecule has 2 aliphatic heterocycles. The second-order valence-electron chi connectivity index (χ2n) is 5.89. The molecule has 0 saturated carbocycles. The monoisotopic (exact) mass is 267 g/mol. The summed E-state index contributed by atoms with van der Waals surface area (Å²) in [7, 11) is 0. The molecule has 0 aromatic heterocycles. The zero-order valence-electron chi connectivity index (χ0n) is 12.3. The topological polar surface area (TPSA) is 55.2 Å². The molecule has 0 saturated heterocycles. The van der Waals surface area contributed by atoms with Crippen LogP contribution in [0.15, 0.2) is 9.98 Å². The van der Waals surface area contributed by atoms with Crippen LogP contribution in [0.5, 0.6) is 0 Å². The highest BCUT2D eigenvalue weighted by Gasteiger charge is 2.23. The molecule has 0 aromatic rings. The van der Waals surface area contributed by atoms with Gasteiger partial charge in [-0.3, -0.25) is 0 Å². The maximum absolute atomic E-state index is 5.56. The molecule has 5 nitrogen and oxygen atoms in total. The third kappa shape index (κ3) is 3.93. The van der Waals surface area contributed by atoms with Crippen molar-refractivity contribution in [2.45, 2.75) is 39.8 Å². The smallest absolute Gasteiger partial charge is 0.198 e. The molecule has 1 N–H and O–H groups in total. The summed E-state index contributed by atoms with van der Waals surface area (Å²) in [4.78, 5) is 9.09. The molecule has 0 radical (unpaired) electrons. The van der Waals surface area contributed by atoms with Crippen LogP contribution in [0.1, 0.15) is 27.7 Å². The molecule has 0 aromatic carbocycles. The standard InChI is InChI=1S/C14H25N3O2/c1-9(2)11-7-18-13(16-11)5-15-6-14-17-12(8-19-14)10(3)4/h9-12,15H,5-8H2,1-4H3/t11-,12+.